The minimum atomic E-state index is -1.25. The van der Waals surface area contributed by atoms with Gasteiger partial charge in [-0.25, -0.2) is 4.79 Å². The molecule has 0 aromatic rings. The van der Waals surface area contributed by atoms with Crippen molar-refractivity contribution in [3.8, 4) is 0 Å². The van der Waals surface area contributed by atoms with E-state index in [1.165, 1.54) is 0 Å². The SMILES string of the molecule is O=C(CCCCCCCO)CCCCCCC(O)C(=O)O. The van der Waals surface area contributed by atoms with Gasteiger partial charge in [-0.15, -0.1) is 0 Å². The molecule has 0 saturated carbocycles. The van der Waals surface area contributed by atoms with Crippen molar-refractivity contribution < 1.29 is 24.9 Å². The molecule has 0 aliphatic heterocycles. The van der Waals surface area contributed by atoms with Crippen LogP contribution in [0.2, 0.25) is 0 Å². The van der Waals surface area contributed by atoms with Crippen molar-refractivity contribution in [3.05, 3.63) is 0 Å². The second-order valence-electron chi connectivity index (χ2n) is 5.59. The number of carbonyl (C=O) groups is 2. The fourth-order valence-corrected chi connectivity index (χ4v) is 2.23. The molecule has 5 heteroatoms. The maximum Gasteiger partial charge on any atom is 0.332 e. The molecule has 5 nitrogen and oxygen atoms in total. The van der Waals surface area contributed by atoms with E-state index >= 15 is 0 Å². The molecule has 0 spiro atoms. The zero-order valence-corrected chi connectivity index (χ0v) is 12.9. The van der Waals surface area contributed by atoms with Crippen LogP contribution in [-0.4, -0.2) is 39.8 Å². The first kappa shape index (κ1) is 20.1. The first-order valence-electron chi connectivity index (χ1n) is 8.11. The van der Waals surface area contributed by atoms with Crippen molar-refractivity contribution in [2.75, 3.05) is 6.61 Å². The van der Waals surface area contributed by atoms with Crippen molar-refractivity contribution in [1.82, 2.24) is 0 Å². The molecule has 0 aliphatic carbocycles. The number of rotatable bonds is 15. The van der Waals surface area contributed by atoms with Crippen LogP contribution in [0.5, 0.6) is 0 Å². The lowest BCUT2D eigenvalue weighted by atomic mass is 10.0. The monoisotopic (exact) mass is 302 g/mol. The smallest absolute Gasteiger partial charge is 0.332 e. The number of ketones is 1. The van der Waals surface area contributed by atoms with Gasteiger partial charge >= 0.3 is 5.97 Å². The molecule has 3 N–H and O–H groups in total. The minimum Gasteiger partial charge on any atom is -0.479 e. The van der Waals surface area contributed by atoms with Crippen LogP contribution in [0.15, 0.2) is 0 Å². The highest BCUT2D eigenvalue weighted by Crippen LogP contribution is 2.11. The van der Waals surface area contributed by atoms with Gasteiger partial charge in [-0.2, -0.15) is 0 Å². The molecule has 124 valence electrons. The Morgan fingerprint density at radius 3 is 1.76 bits per heavy atom. The van der Waals surface area contributed by atoms with Crippen LogP contribution < -0.4 is 0 Å². The molecule has 0 aromatic heterocycles. The highest BCUT2D eigenvalue weighted by molar-refractivity contribution is 5.78. The van der Waals surface area contributed by atoms with E-state index in [1.807, 2.05) is 0 Å². The van der Waals surface area contributed by atoms with Crippen LogP contribution in [0.4, 0.5) is 0 Å². The maximum absolute atomic E-state index is 11.6. The zero-order valence-electron chi connectivity index (χ0n) is 12.9. The van der Waals surface area contributed by atoms with E-state index in [9.17, 15) is 9.59 Å². The molecule has 0 heterocycles. The largest absolute Gasteiger partial charge is 0.479 e. The Balaban J connectivity index is 3.28. The quantitative estimate of drug-likeness (QED) is 0.404. The van der Waals surface area contributed by atoms with Gasteiger partial charge in [-0.3, -0.25) is 4.79 Å². The molecule has 0 bridgehead atoms. The van der Waals surface area contributed by atoms with Gasteiger partial charge in [0.05, 0.1) is 0 Å². The van der Waals surface area contributed by atoms with Crippen LogP contribution in [0.1, 0.15) is 77.0 Å². The lowest BCUT2D eigenvalue weighted by Gasteiger charge is -2.05. The van der Waals surface area contributed by atoms with Gasteiger partial charge in [0, 0.05) is 19.4 Å². The lowest BCUT2D eigenvalue weighted by Crippen LogP contribution is -2.18. The zero-order chi connectivity index (χ0) is 15.9. The number of aliphatic hydroxyl groups is 2. The second kappa shape index (κ2) is 14.0. The molecule has 0 radical (unpaired) electrons. The van der Waals surface area contributed by atoms with Crippen molar-refractivity contribution >= 4 is 11.8 Å². The average molecular weight is 302 g/mol. The number of carboxylic acids is 1. The summed E-state index contributed by atoms with van der Waals surface area (Å²) in [5.74, 6) is -0.855. The van der Waals surface area contributed by atoms with Gasteiger partial charge in [0.2, 0.25) is 0 Å². The summed E-state index contributed by atoms with van der Waals surface area (Å²) < 4.78 is 0. The van der Waals surface area contributed by atoms with E-state index in [1.54, 1.807) is 0 Å². The number of hydrogen-bond donors (Lipinski definition) is 3. The van der Waals surface area contributed by atoms with Crippen LogP contribution in [0, 0.1) is 0 Å². The van der Waals surface area contributed by atoms with Gasteiger partial charge < -0.3 is 15.3 Å². The van der Waals surface area contributed by atoms with E-state index < -0.39 is 12.1 Å². The van der Waals surface area contributed by atoms with Gasteiger partial charge in [0.1, 0.15) is 5.78 Å². The average Bonchev–Trinajstić information content (AvgIpc) is 2.45. The van der Waals surface area contributed by atoms with Crippen LogP contribution >= 0.6 is 0 Å². The molecule has 0 rings (SSSR count). The topological polar surface area (TPSA) is 94.8 Å². The third-order valence-corrected chi connectivity index (χ3v) is 3.58. The van der Waals surface area contributed by atoms with E-state index in [0.29, 0.717) is 25.0 Å². The van der Waals surface area contributed by atoms with Crippen molar-refractivity contribution in [3.63, 3.8) is 0 Å². The molecule has 0 aromatic carbocycles. The van der Waals surface area contributed by atoms with Crippen LogP contribution in [0.25, 0.3) is 0 Å². The fraction of sp³-hybridized carbons (Fsp3) is 0.875. The van der Waals surface area contributed by atoms with Crippen molar-refractivity contribution in [1.29, 1.82) is 0 Å². The van der Waals surface area contributed by atoms with E-state index in [2.05, 4.69) is 0 Å². The molecular weight excluding hydrogens is 272 g/mol. The van der Waals surface area contributed by atoms with Crippen molar-refractivity contribution in [2.24, 2.45) is 0 Å². The predicted molar refractivity (Wildman–Crippen MR) is 81.1 cm³/mol. The molecule has 0 fully saturated rings. The summed E-state index contributed by atoms with van der Waals surface area (Å²) in [5.41, 5.74) is 0. The number of carbonyl (C=O) groups excluding carboxylic acids is 1. The highest BCUT2D eigenvalue weighted by atomic mass is 16.4. The Hall–Kier alpha value is -0.940. The van der Waals surface area contributed by atoms with E-state index in [4.69, 9.17) is 15.3 Å². The Morgan fingerprint density at radius 1 is 0.762 bits per heavy atom. The third kappa shape index (κ3) is 13.8. The van der Waals surface area contributed by atoms with Gasteiger partial charge in [-0.1, -0.05) is 38.5 Å². The van der Waals surface area contributed by atoms with Crippen LogP contribution in [0.3, 0.4) is 0 Å². The Morgan fingerprint density at radius 2 is 1.24 bits per heavy atom. The van der Waals surface area contributed by atoms with Gasteiger partial charge in [-0.05, 0) is 25.7 Å². The van der Waals surface area contributed by atoms with E-state index in [0.717, 1.165) is 51.4 Å². The number of aliphatic carboxylic acids is 1. The summed E-state index contributed by atoms with van der Waals surface area (Å²) >= 11 is 0. The lowest BCUT2D eigenvalue weighted by molar-refractivity contribution is -0.146. The molecular formula is C16H30O5. The number of hydrogen-bond acceptors (Lipinski definition) is 4. The van der Waals surface area contributed by atoms with E-state index in [-0.39, 0.29) is 13.0 Å². The predicted octanol–water partition coefficient (Wildman–Crippen LogP) is 2.67. The molecule has 1 unspecified atom stereocenters. The number of Topliss-reactive ketones (excluding diaryl/α,β-unsaturated/α-hetero) is 1. The van der Waals surface area contributed by atoms with Gasteiger partial charge in [0.25, 0.3) is 0 Å². The first-order chi connectivity index (χ1) is 10.1. The normalized spacial score (nSPS) is 12.3. The van der Waals surface area contributed by atoms with Gasteiger partial charge in [0.15, 0.2) is 6.10 Å². The van der Waals surface area contributed by atoms with Crippen LogP contribution in [-0.2, 0) is 9.59 Å². The summed E-state index contributed by atoms with van der Waals surface area (Å²) in [5, 5.41) is 26.2. The Bertz CT molecular complexity index is 278. The molecule has 0 aliphatic rings. The summed E-state index contributed by atoms with van der Waals surface area (Å²) in [4.78, 5) is 22.0. The molecule has 0 amide bonds. The standard InChI is InChI=1S/C16H30O5/c17-13-9-5-1-2-6-10-14(18)11-7-3-4-8-12-15(19)16(20)21/h15,17,19H,1-13H2,(H,20,21). The van der Waals surface area contributed by atoms with Crippen molar-refractivity contribution in [2.45, 2.75) is 83.2 Å². The molecule has 1 atom stereocenters. The third-order valence-electron chi connectivity index (χ3n) is 3.58. The first-order valence-corrected chi connectivity index (χ1v) is 8.11. The minimum absolute atomic E-state index is 0.252. The second-order valence-corrected chi connectivity index (χ2v) is 5.59. The summed E-state index contributed by atoms with van der Waals surface area (Å²) in [6, 6.07) is 0. The molecule has 0 saturated heterocycles. The number of unbranched alkanes of at least 4 members (excludes halogenated alkanes) is 7. The summed E-state index contributed by atoms with van der Waals surface area (Å²) in [6.07, 6.45) is 8.57. The number of aliphatic hydroxyl groups excluding tert-OH is 2. The Labute approximate surface area is 127 Å². The highest BCUT2D eigenvalue weighted by Gasteiger charge is 2.11. The Kier molecular flexibility index (Phi) is 13.4. The fourth-order valence-electron chi connectivity index (χ4n) is 2.23. The number of carboxylic acid groups (broad SMARTS) is 1. The summed E-state index contributed by atoms with van der Waals surface area (Å²) in [7, 11) is 0. The molecule has 21 heavy (non-hydrogen) atoms. The summed E-state index contributed by atoms with van der Waals surface area (Å²) in [6.45, 7) is 0.252. The maximum atomic E-state index is 11.6.